The van der Waals surface area contributed by atoms with Gasteiger partial charge >= 0.3 is 0 Å². The number of anilines is 1. The molecule has 1 unspecified atom stereocenters. The van der Waals surface area contributed by atoms with Crippen LogP contribution >= 0.6 is 0 Å². The van der Waals surface area contributed by atoms with Crippen LogP contribution in [0.1, 0.15) is 48.7 Å². The highest BCUT2D eigenvalue weighted by atomic mass is 16.3. The average Bonchev–Trinajstić information content (AvgIpc) is 3.50. The van der Waals surface area contributed by atoms with Gasteiger partial charge in [0.05, 0.1) is 18.5 Å². The molecule has 1 aromatic carbocycles. The Labute approximate surface area is 181 Å². The first-order valence-electron chi connectivity index (χ1n) is 10.9. The lowest BCUT2D eigenvalue weighted by atomic mass is 9.92. The normalized spacial score (nSPS) is 21.4. The van der Waals surface area contributed by atoms with Crippen LogP contribution in [0.15, 0.2) is 59.2 Å². The Morgan fingerprint density at radius 1 is 1.06 bits per heavy atom. The standard InChI is InChI=1S/C25H27N3O3/c1-17-8-3-6-11-19(17)28-23(29)21-14-13-20(22-12-7-15-31-22)27(21)16-25(28,2)24(30)26-18-9-4-5-10-18/h3,6-8,11-15,18H,4-5,9-10,16H2,1-2H3,(H,26,30). The fourth-order valence-corrected chi connectivity index (χ4v) is 4.96. The highest BCUT2D eigenvalue weighted by Gasteiger charge is 2.49. The molecule has 2 aliphatic rings. The Balaban J connectivity index is 1.62. The molecule has 31 heavy (non-hydrogen) atoms. The van der Waals surface area contributed by atoms with Gasteiger partial charge in [-0.15, -0.1) is 0 Å². The fraction of sp³-hybridized carbons (Fsp3) is 0.360. The maximum atomic E-state index is 13.8. The molecule has 6 nitrogen and oxygen atoms in total. The lowest BCUT2D eigenvalue weighted by molar-refractivity contribution is -0.127. The average molecular weight is 418 g/mol. The number of amides is 2. The van der Waals surface area contributed by atoms with Crippen molar-refractivity contribution in [3.63, 3.8) is 0 Å². The number of aromatic nitrogens is 1. The second-order valence-electron chi connectivity index (χ2n) is 8.82. The number of hydrogen-bond donors (Lipinski definition) is 1. The van der Waals surface area contributed by atoms with Gasteiger partial charge in [0.25, 0.3) is 5.91 Å². The van der Waals surface area contributed by atoms with Crippen molar-refractivity contribution in [2.45, 2.75) is 57.7 Å². The highest BCUT2D eigenvalue weighted by Crippen LogP contribution is 2.38. The summed E-state index contributed by atoms with van der Waals surface area (Å²) >= 11 is 0. The number of aryl methyl sites for hydroxylation is 1. The molecule has 1 atom stereocenters. The molecule has 2 aromatic heterocycles. The third kappa shape index (κ3) is 3.17. The lowest BCUT2D eigenvalue weighted by Crippen LogP contribution is -2.65. The second kappa shape index (κ2) is 7.45. The topological polar surface area (TPSA) is 67.5 Å². The van der Waals surface area contributed by atoms with Gasteiger partial charge in [-0.25, -0.2) is 0 Å². The smallest absolute Gasteiger partial charge is 0.275 e. The van der Waals surface area contributed by atoms with Crippen molar-refractivity contribution in [3.8, 4) is 11.5 Å². The van der Waals surface area contributed by atoms with Crippen molar-refractivity contribution in [3.05, 3.63) is 66.1 Å². The van der Waals surface area contributed by atoms with Crippen LogP contribution in [0.3, 0.4) is 0 Å². The van der Waals surface area contributed by atoms with Crippen molar-refractivity contribution in [1.29, 1.82) is 0 Å². The largest absolute Gasteiger partial charge is 0.463 e. The first-order chi connectivity index (χ1) is 15.0. The maximum Gasteiger partial charge on any atom is 0.275 e. The van der Waals surface area contributed by atoms with Crippen LogP contribution in [0.25, 0.3) is 11.5 Å². The molecule has 1 fully saturated rings. The van der Waals surface area contributed by atoms with Crippen molar-refractivity contribution >= 4 is 17.5 Å². The van der Waals surface area contributed by atoms with Crippen molar-refractivity contribution in [2.75, 3.05) is 4.90 Å². The molecule has 3 aromatic rings. The Kier molecular flexibility index (Phi) is 4.73. The van der Waals surface area contributed by atoms with Crippen molar-refractivity contribution in [2.24, 2.45) is 0 Å². The quantitative estimate of drug-likeness (QED) is 0.678. The number of carbonyl (C=O) groups excluding carboxylic acids is 2. The van der Waals surface area contributed by atoms with E-state index in [0.29, 0.717) is 18.0 Å². The Morgan fingerprint density at radius 3 is 2.52 bits per heavy atom. The molecule has 1 N–H and O–H groups in total. The molecule has 5 rings (SSSR count). The zero-order chi connectivity index (χ0) is 21.6. The zero-order valence-electron chi connectivity index (χ0n) is 17.9. The van der Waals surface area contributed by atoms with Crippen molar-refractivity contribution in [1.82, 2.24) is 9.88 Å². The number of carbonyl (C=O) groups is 2. The predicted molar refractivity (Wildman–Crippen MR) is 119 cm³/mol. The van der Waals surface area contributed by atoms with Crippen LogP contribution < -0.4 is 10.2 Å². The summed E-state index contributed by atoms with van der Waals surface area (Å²) in [5.41, 5.74) is 2.02. The van der Waals surface area contributed by atoms with E-state index in [-0.39, 0.29) is 17.9 Å². The Morgan fingerprint density at radius 2 is 1.81 bits per heavy atom. The molecular weight excluding hydrogens is 390 g/mol. The minimum absolute atomic E-state index is 0.110. The monoisotopic (exact) mass is 417 g/mol. The van der Waals surface area contributed by atoms with Gasteiger partial charge in [0.15, 0.2) is 0 Å². The number of nitrogens with one attached hydrogen (secondary N) is 1. The molecule has 6 heteroatoms. The van der Waals surface area contributed by atoms with Gasteiger partial charge in [0, 0.05) is 11.7 Å². The van der Waals surface area contributed by atoms with E-state index >= 15 is 0 Å². The molecule has 1 aliphatic carbocycles. The van der Waals surface area contributed by atoms with Crippen LogP contribution in [0.2, 0.25) is 0 Å². The number of nitrogens with zero attached hydrogens (tertiary/aromatic N) is 2. The van der Waals surface area contributed by atoms with E-state index in [1.807, 2.05) is 66.9 Å². The molecule has 2 amide bonds. The summed E-state index contributed by atoms with van der Waals surface area (Å²) in [7, 11) is 0. The summed E-state index contributed by atoms with van der Waals surface area (Å²) < 4.78 is 7.52. The Hall–Kier alpha value is -3.28. The van der Waals surface area contributed by atoms with Crippen LogP contribution in [0, 0.1) is 6.92 Å². The van der Waals surface area contributed by atoms with Crippen LogP contribution in [-0.2, 0) is 11.3 Å². The molecule has 1 saturated carbocycles. The first kappa shape index (κ1) is 19.7. The van der Waals surface area contributed by atoms with Gasteiger partial charge in [-0.05, 0) is 62.6 Å². The van der Waals surface area contributed by atoms with Crippen LogP contribution in [0.5, 0.6) is 0 Å². The van der Waals surface area contributed by atoms with E-state index in [1.54, 1.807) is 11.2 Å². The van der Waals surface area contributed by atoms with E-state index in [4.69, 9.17) is 4.42 Å². The van der Waals surface area contributed by atoms with Gasteiger partial charge in [-0.1, -0.05) is 31.0 Å². The maximum absolute atomic E-state index is 13.8. The van der Waals surface area contributed by atoms with E-state index in [1.165, 1.54) is 0 Å². The summed E-state index contributed by atoms with van der Waals surface area (Å²) in [5, 5.41) is 3.24. The van der Waals surface area contributed by atoms with Crippen molar-refractivity contribution < 1.29 is 14.0 Å². The predicted octanol–water partition coefficient (Wildman–Crippen LogP) is 4.53. The van der Waals surface area contributed by atoms with Gasteiger partial charge < -0.3 is 14.3 Å². The van der Waals surface area contributed by atoms with Crippen LogP contribution in [0.4, 0.5) is 5.69 Å². The summed E-state index contributed by atoms with van der Waals surface area (Å²) in [5.74, 6) is 0.394. The molecule has 160 valence electrons. The number of fused-ring (bicyclic) bond motifs is 1. The van der Waals surface area contributed by atoms with E-state index in [9.17, 15) is 9.59 Å². The number of rotatable bonds is 4. The fourth-order valence-electron chi connectivity index (χ4n) is 4.96. The Bertz CT molecular complexity index is 1120. The highest BCUT2D eigenvalue weighted by molar-refractivity contribution is 6.12. The van der Waals surface area contributed by atoms with Gasteiger partial charge in [-0.3, -0.25) is 14.5 Å². The number of furan rings is 1. The zero-order valence-corrected chi connectivity index (χ0v) is 17.9. The lowest BCUT2D eigenvalue weighted by Gasteiger charge is -2.45. The van der Waals surface area contributed by atoms with Gasteiger partial charge in [-0.2, -0.15) is 0 Å². The summed E-state index contributed by atoms with van der Waals surface area (Å²) in [6.07, 6.45) is 5.86. The third-order valence-electron chi connectivity index (χ3n) is 6.67. The molecule has 0 bridgehead atoms. The SMILES string of the molecule is Cc1ccccc1N1C(=O)c2ccc(-c3ccco3)n2CC1(C)C(=O)NC1CCCC1. The first-order valence-corrected chi connectivity index (χ1v) is 10.9. The van der Waals surface area contributed by atoms with E-state index in [2.05, 4.69) is 5.32 Å². The van der Waals surface area contributed by atoms with E-state index in [0.717, 1.165) is 42.6 Å². The van der Waals surface area contributed by atoms with E-state index < -0.39 is 5.54 Å². The minimum atomic E-state index is -1.07. The number of benzene rings is 1. The van der Waals surface area contributed by atoms with Gasteiger partial charge in [0.2, 0.25) is 5.91 Å². The van der Waals surface area contributed by atoms with Crippen LogP contribution in [-0.4, -0.2) is 28.0 Å². The number of para-hydroxylation sites is 1. The molecule has 3 heterocycles. The molecule has 1 aliphatic heterocycles. The minimum Gasteiger partial charge on any atom is -0.463 e. The van der Waals surface area contributed by atoms with Gasteiger partial charge in [0.1, 0.15) is 17.0 Å². The second-order valence-corrected chi connectivity index (χ2v) is 8.82. The molecular formula is C25H27N3O3. The number of hydrogen-bond acceptors (Lipinski definition) is 3. The molecule has 0 radical (unpaired) electrons. The molecule has 0 saturated heterocycles. The molecule has 0 spiro atoms. The summed E-state index contributed by atoms with van der Waals surface area (Å²) in [6.45, 7) is 4.19. The third-order valence-corrected chi connectivity index (χ3v) is 6.67. The summed E-state index contributed by atoms with van der Waals surface area (Å²) in [4.78, 5) is 29.2. The summed E-state index contributed by atoms with van der Waals surface area (Å²) in [6, 6.07) is 15.3.